The number of rotatable bonds is 4. The highest BCUT2D eigenvalue weighted by molar-refractivity contribution is 7.99. The van der Waals surface area contributed by atoms with Crippen molar-refractivity contribution in [2.45, 2.75) is 25.5 Å². The van der Waals surface area contributed by atoms with Gasteiger partial charge in [-0.2, -0.15) is 11.8 Å². The largest absolute Gasteiger partial charge is 0.360 e. The number of nitrogens with zero attached hydrogens (tertiary/aromatic N) is 1. The third-order valence-corrected chi connectivity index (χ3v) is 5.00. The van der Waals surface area contributed by atoms with Gasteiger partial charge in [-0.05, 0) is 44.7 Å². The lowest BCUT2D eigenvalue weighted by Crippen LogP contribution is -2.25. The Bertz CT molecular complexity index is 517. The fraction of sp³-hybridized carbons (Fsp3) is 0.462. The van der Waals surface area contributed by atoms with Gasteiger partial charge in [-0.3, -0.25) is 0 Å². The fourth-order valence-electron chi connectivity index (χ4n) is 1.47. The van der Waals surface area contributed by atoms with E-state index in [0.717, 1.165) is 17.2 Å². The van der Waals surface area contributed by atoms with Crippen LogP contribution in [0.1, 0.15) is 19.4 Å². The van der Waals surface area contributed by atoms with E-state index in [-0.39, 0.29) is 4.75 Å². The number of thiazole rings is 1. The summed E-state index contributed by atoms with van der Waals surface area (Å²) in [7, 11) is 0. The Morgan fingerprint density at radius 2 is 2.18 bits per heavy atom. The van der Waals surface area contributed by atoms with Gasteiger partial charge in [0.25, 0.3) is 0 Å². The second-order valence-electron chi connectivity index (χ2n) is 4.81. The highest BCUT2D eigenvalue weighted by Crippen LogP contribution is 2.28. The molecule has 2 nitrogen and oxygen atoms in total. The molecule has 0 spiro atoms. The van der Waals surface area contributed by atoms with E-state index in [0.29, 0.717) is 0 Å². The number of fused-ring (bicyclic) bond motifs is 1. The topological polar surface area (TPSA) is 24.9 Å². The molecule has 0 amide bonds. The number of thioether (sulfide) groups is 1. The number of anilines is 1. The summed E-state index contributed by atoms with van der Waals surface area (Å²) in [4.78, 5) is 4.61. The van der Waals surface area contributed by atoms with Crippen molar-refractivity contribution in [1.82, 2.24) is 4.98 Å². The normalized spacial score (nSPS) is 12.0. The molecule has 0 aliphatic carbocycles. The third kappa shape index (κ3) is 3.13. The van der Waals surface area contributed by atoms with E-state index in [1.54, 1.807) is 11.3 Å². The maximum absolute atomic E-state index is 4.61. The van der Waals surface area contributed by atoms with Gasteiger partial charge < -0.3 is 5.32 Å². The summed E-state index contributed by atoms with van der Waals surface area (Å²) in [6.07, 6.45) is 2.14. The number of hydrogen-bond donors (Lipinski definition) is 1. The maximum Gasteiger partial charge on any atom is 0.183 e. The molecule has 2 rings (SSSR count). The first kappa shape index (κ1) is 12.7. The highest BCUT2D eigenvalue weighted by Gasteiger charge is 2.16. The van der Waals surface area contributed by atoms with Gasteiger partial charge in [0.15, 0.2) is 5.13 Å². The van der Waals surface area contributed by atoms with E-state index >= 15 is 0 Å². The van der Waals surface area contributed by atoms with Gasteiger partial charge in [-0.1, -0.05) is 17.4 Å². The molecule has 17 heavy (non-hydrogen) atoms. The second kappa shape index (κ2) is 4.86. The van der Waals surface area contributed by atoms with Crippen LogP contribution in [0.15, 0.2) is 18.2 Å². The molecule has 1 N–H and O–H groups in total. The summed E-state index contributed by atoms with van der Waals surface area (Å²) in [5.41, 5.74) is 2.36. The molecule has 1 aromatic carbocycles. The molecule has 0 aliphatic heterocycles. The molecule has 0 radical (unpaired) electrons. The molecule has 0 unspecified atom stereocenters. The summed E-state index contributed by atoms with van der Waals surface area (Å²) in [5, 5.41) is 4.45. The molecule has 0 saturated carbocycles. The van der Waals surface area contributed by atoms with Gasteiger partial charge >= 0.3 is 0 Å². The van der Waals surface area contributed by atoms with Crippen LogP contribution >= 0.6 is 23.1 Å². The van der Waals surface area contributed by atoms with E-state index in [9.17, 15) is 0 Å². The molecule has 0 atom stereocenters. The quantitative estimate of drug-likeness (QED) is 0.899. The molecule has 2 aromatic rings. The van der Waals surface area contributed by atoms with Crippen LogP contribution in [0.25, 0.3) is 10.2 Å². The number of benzene rings is 1. The Labute approximate surface area is 111 Å². The summed E-state index contributed by atoms with van der Waals surface area (Å²) < 4.78 is 1.49. The summed E-state index contributed by atoms with van der Waals surface area (Å²) in [6.45, 7) is 7.51. The summed E-state index contributed by atoms with van der Waals surface area (Å²) >= 11 is 3.60. The van der Waals surface area contributed by atoms with Crippen molar-refractivity contribution in [3.8, 4) is 0 Å². The van der Waals surface area contributed by atoms with Gasteiger partial charge in [0.2, 0.25) is 0 Å². The minimum absolute atomic E-state index is 0.244. The maximum atomic E-state index is 4.61. The van der Waals surface area contributed by atoms with Crippen molar-refractivity contribution >= 4 is 38.4 Å². The molecule has 0 bridgehead atoms. The Morgan fingerprint density at radius 3 is 2.88 bits per heavy atom. The van der Waals surface area contributed by atoms with E-state index in [1.807, 2.05) is 11.8 Å². The Kier molecular flexibility index (Phi) is 3.64. The van der Waals surface area contributed by atoms with Crippen LogP contribution < -0.4 is 5.32 Å². The molecule has 0 aliphatic rings. The zero-order chi connectivity index (χ0) is 12.5. The van der Waals surface area contributed by atoms with E-state index in [1.165, 1.54) is 10.3 Å². The van der Waals surface area contributed by atoms with Crippen LogP contribution in [0, 0.1) is 6.92 Å². The van der Waals surface area contributed by atoms with Crippen molar-refractivity contribution in [3.05, 3.63) is 23.8 Å². The average Bonchev–Trinajstić information content (AvgIpc) is 2.68. The Balaban J connectivity index is 2.15. The molecule has 0 fully saturated rings. The van der Waals surface area contributed by atoms with Crippen LogP contribution in [-0.4, -0.2) is 22.5 Å². The van der Waals surface area contributed by atoms with Gasteiger partial charge in [0.05, 0.1) is 10.2 Å². The average molecular weight is 266 g/mol. The SMILES string of the molecule is CSC(C)(C)CNc1nc2cc(C)ccc2s1. The smallest absolute Gasteiger partial charge is 0.183 e. The zero-order valence-corrected chi connectivity index (χ0v) is 12.3. The minimum Gasteiger partial charge on any atom is -0.360 e. The van der Waals surface area contributed by atoms with Crippen LogP contribution in [-0.2, 0) is 0 Å². The zero-order valence-electron chi connectivity index (χ0n) is 10.7. The van der Waals surface area contributed by atoms with E-state index in [2.05, 4.69) is 55.5 Å². The standard InChI is InChI=1S/C13H18N2S2/c1-9-5-6-11-10(7-9)15-12(17-11)14-8-13(2,3)16-4/h5-7H,8H2,1-4H3,(H,14,15). The van der Waals surface area contributed by atoms with E-state index < -0.39 is 0 Å². The van der Waals surface area contributed by atoms with Crippen molar-refractivity contribution in [1.29, 1.82) is 0 Å². The first-order valence-electron chi connectivity index (χ1n) is 5.66. The molecular weight excluding hydrogens is 248 g/mol. The van der Waals surface area contributed by atoms with Crippen LogP contribution in [0.2, 0.25) is 0 Å². The van der Waals surface area contributed by atoms with Crippen LogP contribution in [0.3, 0.4) is 0 Å². The number of hydrogen-bond acceptors (Lipinski definition) is 4. The molecular formula is C13H18N2S2. The van der Waals surface area contributed by atoms with Crippen molar-refractivity contribution in [3.63, 3.8) is 0 Å². The van der Waals surface area contributed by atoms with Crippen molar-refractivity contribution < 1.29 is 0 Å². The molecule has 92 valence electrons. The molecule has 0 saturated heterocycles. The van der Waals surface area contributed by atoms with Crippen LogP contribution in [0.5, 0.6) is 0 Å². The third-order valence-electron chi connectivity index (χ3n) is 2.76. The second-order valence-corrected chi connectivity index (χ2v) is 7.35. The Hall–Kier alpha value is -0.740. The van der Waals surface area contributed by atoms with E-state index in [4.69, 9.17) is 0 Å². The lowest BCUT2D eigenvalue weighted by Gasteiger charge is -2.21. The van der Waals surface area contributed by atoms with Crippen LogP contribution in [0.4, 0.5) is 5.13 Å². The van der Waals surface area contributed by atoms with Crippen molar-refractivity contribution in [2.75, 3.05) is 18.1 Å². The molecule has 1 aromatic heterocycles. The predicted octanol–water partition coefficient (Wildman–Crippen LogP) is 4.16. The highest BCUT2D eigenvalue weighted by atomic mass is 32.2. The van der Waals surface area contributed by atoms with Gasteiger partial charge in [0, 0.05) is 11.3 Å². The molecule has 1 heterocycles. The Morgan fingerprint density at radius 1 is 1.41 bits per heavy atom. The van der Waals surface area contributed by atoms with Gasteiger partial charge in [0.1, 0.15) is 0 Å². The minimum atomic E-state index is 0.244. The lowest BCUT2D eigenvalue weighted by atomic mass is 10.2. The summed E-state index contributed by atoms with van der Waals surface area (Å²) in [5.74, 6) is 0. The van der Waals surface area contributed by atoms with Gasteiger partial charge in [-0.15, -0.1) is 0 Å². The lowest BCUT2D eigenvalue weighted by molar-refractivity contribution is 0.752. The van der Waals surface area contributed by atoms with Crippen molar-refractivity contribution in [2.24, 2.45) is 0 Å². The first-order chi connectivity index (χ1) is 8.00. The summed E-state index contributed by atoms with van der Waals surface area (Å²) in [6, 6.07) is 6.42. The fourth-order valence-corrected chi connectivity index (χ4v) is 2.53. The number of aromatic nitrogens is 1. The number of nitrogens with one attached hydrogen (secondary N) is 1. The van der Waals surface area contributed by atoms with Gasteiger partial charge in [-0.25, -0.2) is 4.98 Å². The molecule has 4 heteroatoms. The first-order valence-corrected chi connectivity index (χ1v) is 7.70. The monoisotopic (exact) mass is 266 g/mol. The predicted molar refractivity (Wildman–Crippen MR) is 80.4 cm³/mol. The number of aryl methyl sites for hydroxylation is 1.